The van der Waals surface area contributed by atoms with Crippen molar-refractivity contribution in [1.29, 1.82) is 0 Å². The Morgan fingerprint density at radius 2 is 1.92 bits per heavy atom. The molecule has 10 heteroatoms. The van der Waals surface area contributed by atoms with E-state index >= 15 is 0 Å². The van der Waals surface area contributed by atoms with E-state index in [1.807, 2.05) is 0 Å². The fraction of sp³-hybridized carbons (Fsp3) is 0.600. The highest BCUT2D eigenvalue weighted by atomic mass is 32.2. The molecule has 1 aromatic rings. The second kappa shape index (κ2) is 7.29. The van der Waals surface area contributed by atoms with Crippen LogP contribution in [0, 0.1) is 6.92 Å². The van der Waals surface area contributed by atoms with Crippen LogP contribution in [0.1, 0.15) is 12.0 Å². The van der Waals surface area contributed by atoms with Crippen molar-refractivity contribution in [3.63, 3.8) is 0 Å². The van der Waals surface area contributed by atoms with Gasteiger partial charge in [0.1, 0.15) is 0 Å². The highest BCUT2D eigenvalue weighted by Crippen LogP contribution is 2.24. The van der Waals surface area contributed by atoms with E-state index in [0.717, 1.165) is 6.54 Å². The Labute approximate surface area is 148 Å². The van der Waals surface area contributed by atoms with E-state index in [4.69, 9.17) is 4.74 Å². The van der Waals surface area contributed by atoms with E-state index in [0.29, 0.717) is 31.7 Å². The molecule has 2 N–H and O–H groups in total. The zero-order valence-electron chi connectivity index (χ0n) is 14.1. The molecule has 2 saturated heterocycles. The van der Waals surface area contributed by atoms with Gasteiger partial charge in [-0.3, -0.25) is 0 Å². The number of hydrogen-bond acceptors (Lipinski definition) is 6. The van der Waals surface area contributed by atoms with Crippen LogP contribution in [-0.4, -0.2) is 66.6 Å². The summed E-state index contributed by atoms with van der Waals surface area (Å²) in [5.41, 5.74) is 0.521. The maximum Gasteiger partial charge on any atom is 0.243 e. The van der Waals surface area contributed by atoms with Gasteiger partial charge in [0.25, 0.3) is 0 Å². The fourth-order valence-corrected chi connectivity index (χ4v) is 6.02. The number of benzene rings is 1. The number of ether oxygens (including phenoxy) is 1. The molecule has 140 valence electrons. The van der Waals surface area contributed by atoms with Crippen molar-refractivity contribution >= 4 is 20.0 Å². The van der Waals surface area contributed by atoms with Gasteiger partial charge in [0.2, 0.25) is 20.0 Å². The molecule has 8 nitrogen and oxygen atoms in total. The van der Waals surface area contributed by atoms with Gasteiger partial charge in [0.15, 0.2) is 0 Å². The fourth-order valence-electron chi connectivity index (χ4n) is 2.99. The molecule has 25 heavy (non-hydrogen) atoms. The Bertz CT molecular complexity index is 827. The standard InChI is InChI=1S/C15H23N3O5S2/c1-12-2-3-14(24(19,20)17-13-4-5-16-11-13)10-15(12)25(21,22)18-6-8-23-9-7-18/h2-3,10,13,16-17H,4-9,11H2,1H3. The van der Waals surface area contributed by atoms with Gasteiger partial charge in [-0.05, 0) is 37.6 Å². The highest BCUT2D eigenvalue weighted by Gasteiger charge is 2.30. The smallest absolute Gasteiger partial charge is 0.243 e. The molecule has 3 rings (SSSR count). The average molecular weight is 389 g/mol. The molecule has 0 saturated carbocycles. The Hall–Kier alpha value is -1.04. The monoisotopic (exact) mass is 389 g/mol. The second-order valence-corrected chi connectivity index (χ2v) is 9.88. The molecule has 0 bridgehead atoms. The molecule has 0 radical (unpaired) electrons. The molecule has 1 unspecified atom stereocenters. The van der Waals surface area contributed by atoms with E-state index in [1.54, 1.807) is 6.92 Å². The summed E-state index contributed by atoms with van der Waals surface area (Å²) in [5.74, 6) is 0. The topological polar surface area (TPSA) is 105 Å². The van der Waals surface area contributed by atoms with Crippen molar-refractivity contribution < 1.29 is 21.6 Å². The maximum absolute atomic E-state index is 12.9. The molecule has 0 spiro atoms. The summed E-state index contributed by atoms with van der Waals surface area (Å²) in [4.78, 5) is -0.00124. The summed E-state index contributed by atoms with van der Waals surface area (Å²) < 4.78 is 60.1. The molecule has 1 aromatic carbocycles. The number of nitrogens with zero attached hydrogens (tertiary/aromatic N) is 1. The normalized spacial score (nSPS) is 23.0. The van der Waals surface area contributed by atoms with Crippen LogP contribution in [0.4, 0.5) is 0 Å². The van der Waals surface area contributed by atoms with E-state index in [1.165, 1.54) is 22.5 Å². The van der Waals surface area contributed by atoms with Crippen LogP contribution in [-0.2, 0) is 24.8 Å². The minimum Gasteiger partial charge on any atom is -0.379 e. The highest BCUT2D eigenvalue weighted by molar-refractivity contribution is 7.90. The number of rotatable bonds is 5. The number of aryl methyl sites for hydroxylation is 1. The van der Waals surface area contributed by atoms with Crippen molar-refractivity contribution in [2.45, 2.75) is 29.2 Å². The van der Waals surface area contributed by atoms with Crippen LogP contribution in [0.3, 0.4) is 0 Å². The van der Waals surface area contributed by atoms with E-state index in [2.05, 4.69) is 10.0 Å². The van der Waals surface area contributed by atoms with Gasteiger partial charge in [-0.25, -0.2) is 21.6 Å². The van der Waals surface area contributed by atoms with Gasteiger partial charge in [-0.1, -0.05) is 6.07 Å². The lowest BCUT2D eigenvalue weighted by atomic mass is 10.2. The number of hydrogen-bond donors (Lipinski definition) is 2. The third kappa shape index (κ3) is 4.04. The van der Waals surface area contributed by atoms with Gasteiger partial charge >= 0.3 is 0 Å². The number of morpholine rings is 1. The van der Waals surface area contributed by atoms with Gasteiger partial charge in [-0.15, -0.1) is 0 Å². The largest absolute Gasteiger partial charge is 0.379 e. The minimum absolute atomic E-state index is 0.0295. The van der Waals surface area contributed by atoms with Crippen LogP contribution in [0.2, 0.25) is 0 Å². The summed E-state index contributed by atoms with van der Waals surface area (Å²) in [5, 5.41) is 3.09. The first kappa shape index (κ1) is 18.7. The molecular weight excluding hydrogens is 366 g/mol. The Morgan fingerprint density at radius 3 is 2.56 bits per heavy atom. The van der Waals surface area contributed by atoms with Crippen LogP contribution < -0.4 is 10.0 Å². The SMILES string of the molecule is Cc1ccc(S(=O)(=O)NC2CCNC2)cc1S(=O)(=O)N1CCOCC1. The Morgan fingerprint density at radius 1 is 1.20 bits per heavy atom. The first-order valence-electron chi connectivity index (χ1n) is 8.22. The lowest BCUT2D eigenvalue weighted by Crippen LogP contribution is -2.41. The molecular formula is C15H23N3O5S2. The van der Waals surface area contributed by atoms with E-state index < -0.39 is 20.0 Å². The summed E-state index contributed by atoms with van der Waals surface area (Å²) >= 11 is 0. The van der Waals surface area contributed by atoms with E-state index in [9.17, 15) is 16.8 Å². The molecule has 2 heterocycles. The third-order valence-corrected chi connectivity index (χ3v) is 8.00. The van der Waals surface area contributed by atoms with Gasteiger partial charge < -0.3 is 10.1 Å². The van der Waals surface area contributed by atoms with Gasteiger partial charge in [0, 0.05) is 25.7 Å². The summed E-state index contributed by atoms with van der Waals surface area (Å²) in [7, 11) is -7.53. The number of nitrogens with one attached hydrogen (secondary N) is 2. The molecule has 2 aliphatic rings. The third-order valence-electron chi connectivity index (χ3n) is 4.44. The molecule has 0 aliphatic carbocycles. The van der Waals surface area contributed by atoms with Crippen molar-refractivity contribution in [2.24, 2.45) is 0 Å². The molecule has 0 amide bonds. The first-order chi connectivity index (χ1) is 11.8. The van der Waals surface area contributed by atoms with Crippen LogP contribution in [0.5, 0.6) is 0 Å². The summed E-state index contributed by atoms with van der Waals surface area (Å²) in [6, 6.07) is 4.06. The average Bonchev–Trinajstić information content (AvgIpc) is 3.08. The minimum atomic E-state index is -3.77. The predicted molar refractivity (Wildman–Crippen MR) is 92.4 cm³/mol. The molecule has 0 aromatic heterocycles. The Balaban J connectivity index is 1.92. The molecule has 2 aliphatic heterocycles. The molecule has 2 fully saturated rings. The van der Waals surface area contributed by atoms with Crippen molar-refractivity contribution in [1.82, 2.24) is 14.3 Å². The van der Waals surface area contributed by atoms with Crippen molar-refractivity contribution in [3.05, 3.63) is 23.8 Å². The van der Waals surface area contributed by atoms with Crippen LogP contribution in [0.25, 0.3) is 0 Å². The van der Waals surface area contributed by atoms with Gasteiger partial charge in [0.05, 0.1) is 23.0 Å². The lowest BCUT2D eigenvalue weighted by Gasteiger charge is -2.27. The van der Waals surface area contributed by atoms with Crippen LogP contribution in [0.15, 0.2) is 28.0 Å². The zero-order valence-corrected chi connectivity index (χ0v) is 15.7. The maximum atomic E-state index is 12.9. The number of sulfonamides is 2. The zero-order chi connectivity index (χ0) is 18.1. The lowest BCUT2D eigenvalue weighted by molar-refractivity contribution is 0.0730. The predicted octanol–water partition coefficient (Wildman–Crippen LogP) is -0.344. The summed E-state index contributed by atoms with van der Waals surface area (Å²) in [6.07, 6.45) is 0.712. The van der Waals surface area contributed by atoms with Crippen molar-refractivity contribution in [3.8, 4) is 0 Å². The first-order valence-corrected chi connectivity index (χ1v) is 11.1. The second-order valence-electron chi connectivity index (χ2n) is 6.25. The van der Waals surface area contributed by atoms with Gasteiger partial charge in [-0.2, -0.15) is 4.31 Å². The Kier molecular flexibility index (Phi) is 5.47. The summed E-state index contributed by atoms with van der Waals surface area (Å²) in [6.45, 7) is 4.22. The molecule has 1 atom stereocenters. The quantitative estimate of drug-likeness (QED) is 0.714. The van der Waals surface area contributed by atoms with Crippen molar-refractivity contribution in [2.75, 3.05) is 39.4 Å². The van der Waals surface area contributed by atoms with Crippen LogP contribution >= 0.6 is 0 Å². The van der Waals surface area contributed by atoms with E-state index in [-0.39, 0.29) is 28.9 Å².